The second kappa shape index (κ2) is 2.21. The molecular weight excluding hydrogens is 116 g/mol. The summed E-state index contributed by atoms with van der Waals surface area (Å²) in [7, 11) is 0. The molecule has 4 nitrogen and oxygen atoms in total. The second-order valence-corrected chi connectivity index (χ2v) is 1.48. The summed E-state index contributed by atoms with van der Waals surface area (Å²) in [5.74, 6) is 0.735. The van der Waals surface area contributed by atoms with Gasteiger partial charge < -0.3 is 11.1 Å². The average molecular weight is 122 g/mol. The largest absolute Gasteiger partial charge is 0.384 e. The molecule has 0 saturated carbocycles. The highest BCUT2D eigenvalue weighted by Gasteiger charge is 1.87. The summed E-state index contributed by atoms with van der Waals surface area (Å²) in [4.78, 5) is 7.44. The van der Waals surface area contributed by atoms with Gasteiger partial charge in [-0.2, -0.15) is 0 Å². The normalized spacial score (nSPS) is 8.89. The van der Waals surface area contributed by atoms with Gasteiger partial charge in [-0.1, -0.05) is 0 Å². The maximum absolute atomic E-state index is 6.73. The summed E-state index contributed by atoms with van der Waals surface area (Å²) in [6.07, 6.45) is 2.57. The predicted octanol–water partition coefficient (Wildman–Crippen LogP) is 0.0565. The Morgan fingerprint density at radius 3 is 2.89 bits per heavy atom. The number of aromatic nitrogens is 2. The smallest absolute Gasteiger partial charge is 0.171 e. The zero-order chi connectivity index (χ0) is 6.69. The molecule has 1 aromatic heterocycles. The SMILES string of the molecule is N=Cc1nccc(N)n1. The van der Waals surface area contributed by atoms with Gasteiger partial charge in [0.15, 0.2) is 5.82 Å². The Labute approximate surface area is 52.3 Å². The van der Waals surface area contributed by atoms with Crippen molar-refractivity contribution in [2.24, 2.45) is 0 Å². The van der Waals surface area contributed by atoms with Gasteiger partial charge in [0.2, 0.25) is 0 Å². The molecule has 46 valence electrons. The molecule has 0 atom stereocenters. The van der Waals surface area contributed by atoms with Crippen molar-refractivity contribution in [3.05, 3.63) is 18.1 Å². The Hall–Kier alpha value is -1.45. The Kier molecular flexibility index (Phi) is 1.40. The number of hydrogen-bond donors (Lipinski definition) is 2. The highest BCUT2D eigenvalue weighted by molar-refractivity contribution is 5.71. The molecule has 0 saturated heterocycles. The van der Waals surface area contributed by atoms with Crippen molar-refractivity contribution in [1.29, 1.82) is 5.41 Å². The number of nitrogen functional groups attached to an aromatic ring is 1. The van der Waals surface area contributed by atoms with Crippen LogP contribution in [0.3, 0.4) is 0 Å². The van der Waals surface area contributed by atoms with Crippen LogP contribution in [0.15, 0.2) is 12.3 Å². The van der Waals surface area contributed by atoms with Crippen molar-refractivity contribution in [3.63, 3.8) is 0 Å². The highest BCUT2D eigenvalue weighted by atomic mass is 14.9. The van der Waals surface area contributed by atoms with Crippen molar-refractivity contribution in [2.75, 3.05) is 5.73 Å². The molecule has 0 aliphatic heterocycles. The molecule has 3 N–H and O–H groups in total. The van der Waals surface area contributed by atoms with E-state index in [1.807, 2.05) is 0 Å². The molecule has 0 spiro atoms. The summed E-state index contributed by atoms with van der Waals surface area (Å²) < 4.78 is 0. The summed E-state index contributed by atoms with van der Waals surface area (Å²) in [6, 6.07) is 1.58. The van der Waals surface area contributed by atoms with Crippen molar-refractivity contribution >= 4 is 12.0 Å². The van der Waals surface area contributed by atoms with Gasteiger partial charge in [0, 0.05) is 6.20 Å². The standard InChI is InChI=1S/C5H6N4/c6-3-5-8-2-1-4(7)9-5/h1-3,6H,(H2,7,8,9). The van der Waals surface area contributed by atoms with Gasteiger partial charge >= 0.3 is 0 Å². The van der Waals surface area contributed by atoms with Gasteiger partial charge in [0.1, 0.15) is 5.82 Å². The summed E-state index contributed by atoms with van der Waals surface area (Å²) in [6.45, 7) is 0. The number of rotatable bonds is 1. The van der Waals surface area contributed by atoms with E-state index in [9.17, 15) is 0 Å². The quantitative estimate of drug-likeness (QED) is 0.517. The summed E-state index contributed by atoms with van der Waals surface area (Å²) >= 11 is 0. The number of hydrogen-bond acceptors (Lipinski definition) is 4. The van der Waals surface area contributed by atoms with Gasteiger partial charge in [-0.3, -0.25) is 0 Å². The molecule has 0 aliphatic rings. The fraction of sp³-hybridized carbons (Fsp3) is 0. The van der Waals surface area contributed by atoms with Crippen LogP contribution < -0.4 is 5.73 Å². The number of anilines is 1. The Bertz CT molecular complexity index is 220. The predicted molar refractivity (Wildman–Crippen MR) is 34.3 cm³/mol. The van der Waals surface area contributed by atoms with Gasteiger partial charge in [0.05, 0.1) is 6.21 Å². The fourth-order valence-corrected chi connectivity index (χ4v) is 0.458. The van der Waals surface area contributed by atoms with Crippen LogP contribution in [0.4, 0.5) is 5.82 Å². The average Bonchev–Trinajstić information content (AvgIpc) is 1.88. The van der Waals surface area contributed by atoms with Gasteiger partial charge in [-0.05, 0) is 6.07 Å². The van der Waals surface area contributed by atoms with E-state index in [0.717, 1.165) is 6.21 Å². The molecule has 0 unspecified atom stereocenters. The van der Waals surface area contributed by atoms with Gasteiger partial charge in [-0.25, -0.2) is 9.97 Å². The van der Waals surface area contributed by atoms with Crippen LogP contribution in [0.25, 0.3) is 0 Å². The first-order chi connectivity index (χ1) is 4.33. The molecule has 0 radical (unpaired) electrons. The third-order valence-corrected chi connectivity index (χ3v) is 0.825. The fourth-order valence-electron chi connectivity index (χ4n) is 0.458. The van der Waals surface area contributed by atoms with Crippen molar-refractivity contribution in [2.45, 2.75) is 0 Å². The van der Waals surface area contributed by atoms with Crippen molar-refractivity contribution in [1.82, 2.24) is 9.97 Å². The molecule has 0 amide bonds. The lowest BCUT2D eigenvalue weighted by Crippen LogP contribution is -1.96. The third-order valence-electron chi connectivity index (χ3n) is 0.825. The summed E-state index contributed by atoms with van der Waals surface area (Å²) in [5, 5.41) is 6.73. The summed E-state index contributed by atoms with van der Waals surface area (Å²) in [5.41, 5.74) is 5.28. The molecule has 4 heteroatoms. The highest BCUT2D eigenvalue weighted by Crippen LogP contribution is 1.91. The van der Waals surface area contributed by atoms with Crippen LogP contribution in [-0.2, 0) is 0 Å². The van der Waals surface area contributed by atoms with Gasteiger partial charge in [0.25, 0.3) is 0 Å². The number of nitrogens with one attached hydrogen (secondary N) is 1. The van der Waals surface area contributed by atoms with Gasteiger partial charge in [-0.15, -0.1) is 0 Å². The van der Waals surface area contributed by atoms with E-state index in [-0.39, 0.29) is 0 Å². The third kappa shape index (κ3) is 1.22. The number of nitrogens with two attached hydrogens (primary N) is 1. The lowest BCUT2D eigenvalue weighted by Gasteiger charge is -1.89. The van der Waals surface area contributed by atoms with E-state index < -0.39 is 0 Å². The van der Waals surface area contributed by atoms with E-state index in [1.165, 1.54) is 6.20 Å². The first kappa shape index (κ1) is 5.68. The minimum absolute atomic E-state index is 0.343. The molecule has 9 heavy (non-hydrogen) atoms. The molecule has 1 heterocycles. The monoisotopic (exact) mass is 122 g/mol. The first-order valence-electron chi connectivity index (χ1n) is 2.42. The van der Waals surface area contributed by atoms with Crippen LogP contribution in [0.1, 0.15) is 5.82 Å². The van der Waals surface area contributed by atoms with Crippen LogP contribution >= 0.6 is 0 Å². The Morgan fingerprint density at radius 2 is 2.44 bits per heavy atom. The lowest BCUT2D eigenvalue weighted by molar-refractivity contribution is 1.15. The zero-order valence-electron chi connectivity index (χ0n) is 4.70. The minimum Gasteiger partial charge on any atom is -0.384 e. The maximum Gasteiger partial charge on any atom is 0.171 e. The minimum atomic E-state index is 0.343. The lowest BCUT2D eigenvalue weighted by atomic mass is 10.5. The molecule has 1 aromatic rings. The van der Waals surface area contributed by atoms with E-state index >= 15 is 0 Å². The topological polar surface area (TPSA) is 75.7 Å². The van der Waals surface area contributed by atoms with E-state index in [1.54, 1.807) is 6.07 Å². The van der Waals surface area contributed by atoms with Crippen LogP contribution in [0, 0.1) is 5.41 Å². The molecule has 0 bridgehead atoms. The Morgan fingerprint density at radius 1 is 1.67 bits per heavy atom. The molecular formula is C5H6N4. The number of nitrogens with zero attached hydrogens (tertiary/aromatic N) is 2. The van der Waals surface area contributed by atoms with Crippen molar-refractivity contribution in [3.8, 4) is 0 Å². The van der Waals surface area contributed by atoms with E-state index in [2.05, 4.69) is 9.97 Å². The van der Waals surface area contributed by atoms with E-state index in [0.29, 0.717) is 11.6 Å². The van der Waals surface area contributed by atoms with E-state index in [4.69, 9.17) is 11.1 Å². The molecule has 1 rings (SSSR count). The molecule has 0 aliphatic carbocycles. The first-order valence-corrected chi connectivity index (χ1v) is 2.42. The second-order valence-electron chi connectivity index (χ2n) is 1.48. The van der Waals surface area contributed by atoms with Crippen LogP contribution in [0.5, 0.6) is 0 Å². The zero-order valence-corrected chi connectivity index (χ0v) is 4.70. The Balaban J connectivity index is 3.07. The maximum atomic E-state index is 6.73. The molecule has 0 fully saturated rings. The van der Waals surface area contributed by atoms with Crippen LogP contribution in [0.2, 0.25) is 0 Å². The molecule has 0 aromatic carbocycles. The van der Waals surface area contributed by atoms with Crippen LogP contribution in [-0.4, -0.2) is 16.2 Å². The van der Waals surface area contributed by atoms with Crippen molar-refractivity contribution < 1.29 is 0 Å².